The van der Waals surface area contributed by atoms with Crippen LogP contribution in [-0.2, 0) is 9.53 Å². The number of rotatable bonds is 9. The van der Waals surface area contributed by atoms with Gasteiger partial charge >= 0.3 is 5.97 Å². The molecule has 2 aromatic rings. The molecule has 0 radical (unpaired) electrons. The standard InChI is InChI=1S/C22H28O4/c1-5-21(17-7-11-19(24-4)12-8-17)22(6-2)18-9-13-20(14-10-18)26-15-25-16(3)23/h7-14,21-22H,5-6,15H2,1-4H3/t21-,22-/m0/s1. The number of esters is 1. The molecule has 0 heterocycles. The van der Waals surface area contributed by atoms with Crippen LogP contribution >= 0.6 is 0 Å². The third-order valence-electron chi connectivity index (χ3n) is 4.71. The molecule has 0 aliphatic carbocycles. The van der Waals surface area contributed by atoms with Crippen LogP contribution in [0, 0.1) is 0 Å². The van der Waals surface area contributed by atoms with Gasteiger partial charge in [0.05, 0.1) is 7.11 Å². The average molecular weight is 356 g/mol. The Labute approximate surface area is 156 Å². The number of hydrogen-bond acceptors (Lipinski definition) is 4. The Hall–Kier alpha value is -2.49. The van der Waals surface area contributed by atoms with Gasteiger partial charge in [-0.1, -0.05) is 38.1 Å². The molecule has 26 heavy (non-hydrogen) atoms. The van der Waals surface area contributed by atoms with Crippen molar-refractivity contribution in [3.8, 4) is 11.5 Å². The minimum atomic E-state index is -0.349. The number of carbonyl (C=O) groups is 1. The van der Waals surface area contributed by atoms with Crippen molar-refractivity contribution in [3.63, 3.8) is 0 Å². The molecular weight excluding hydrogens is 328 g/mol. The zero-order chi connectivity index (χ0) is 18.9. The lowest BCUT2D eigenvalue weighted by Crippen LogP contribution is -2.11. The summed E-state index contributed by atoms with van der Waals surface area (Å²) in [5.74, 6) is 2.10. The largest absolute Gasteiger partial charge is 0.497 e. The summed E-state index contributed by atoms with van der Waals surface area (Å²) in [4.78, 5) is 10.8. The molecule has 0 N–H and O–H groups in total. The van der Waals surface area contributed by atoms with E-state index in [9.17, 15) is 4.79 Å². The van der Waals surface area contributed by atoms with Crippen LogP contribution < -0.4 is 9.47 Å². The fourth-order valence-corrected chi connectivity index (χ4v) is 3.35. The van der Waals surface area contributed by atoms with Crippen molar-refractivity contribution in [1.82, 2.24) is 0 Å². The van der Waals surface area contributed by atoms with Crippen molar-refractivity contribution in [2.75, 3.05) is 13.9 Å². The molecule has 140 valence electrons. The molecule has 0 bridgehead atoms. The van der Waals surface area contributed by atoms with Crippen molar-refractivity contribution in [2.24, 2.45) is 0 Å². The summed E-state index contributed by atoms with van der Waals surface area (Å²) in [6.07, 6.45) is 2.12. The minimum absolute atomic E-state index is 0.0602. The molecule has 0 fully saturated rings. The summed E-state index contributed by atoms with van der Waals surface area (Å²) in [6, 6.07) is 16.4. The van der Waals surface area contributed by atoms with Gasteiger partial charge in [0.2, 0.25) is 6.79 Å². The van der Waals surface area contributed by atoms with Gasteiger partial charge in [-0.15, -0.1) is 0 Å². The molecule has 4 heteroatoms. The van der Waals surface area contributed by atoms with E-state index in [1.54, 1.807) is 7.11 Å². The molecule has 0 aliphatic rings. The van der Waals surface area contributed by atoms with Crippen LogP contribution in [0.1, 0.15) is 56.6 Å². The molecule has 4 nitrogen and oxygen atoms in total. The number of hydrogen-bond donors (Lipinski definition) is 0. The number of benzene rings is 2. The summed E-state index contributed by atoms with van der Waals surface area (Å²) >= 11 is 0. The fraction of sp³-hybridized carbons (Fsp3) is 0.409. The van der Waals surface area contributed by atoms with Crippen LogP contribution in [0.15, 0.2) is 48.5 Å². The first kappa shape index (κ1) is 19.8. The van der Waals surface area contributed by atoms with Crippen LogP contribution in [0.4, 0.5) is 0 Å². The smallest absolute Gasteiger partial charge is 0.305 e. The van der Waals surface area contributed by atoms with Gasteiger partial charge < -0.3 is 14.2 Å². The van der Waals surface area contributed by atoms with Crippen molar-refractivity contribution >= 4 is 5.97 Å². The van der Waals surface area contributed by atoms with Crippen LogP contribution in [0.25, 0.3) is 0 Å². The minimum Gasteiger partial charge on any atom is -0.497 e. The number of ether oxygens (including phenoxy) is 3. The molecule has 0 unspecified atom stereocenters. The summed E-state index contributed by atoms with van der Waals surface area (Å²) in [7, 11) is 1.69. The maximum Gasteiger partial charge on any atom is 0.305 e. The lowest BCUT2D eigenvalue weighted by molar-refractivity contribution is -0.147. The summed E-state index contributed by atoms with van der Waals surface area (Å²) < 4.78 is 15.5. The SMILES string of the molecule is CC[C@@H](c1ccc(OC)cc1)[C@@H](CC)c1ccc(OCOC(C)=O)cc1. The van der Waals surface area contributed by atoms with E-state index in [2.05, 4.69) is 38.1 Å². The Bertz CT molecular complexity index is 676. The Morgan fingerprint density at radius 1 is 0.846 bits per heavy atom. The molecule has 2 atom stereocenters. The third kappa shape index (κ3) is 5.25. The first-order chi connectivity index (χ1) is 12.6. The molecule has 0 amide bonds. The average Bonchev–Trinajstić information content (AvgIpc) is 2.66. The molecular formula is C22H28O4. The molecule has 0 saturated heterocycles. The lowest BCUT2D eigenvalue weighted by atomic mass is 9.78. The zero-order valence-electron chi connectivity index (χ0n) is 16.0. The van der Waals surface area contributed by atoms with Crippen LogP contribution in [0.5, 0.6) is 11.5 Å². The van der Waals surface area contributed by atoms with E-state index in [4.69, 9.17) is 14.2 Å². The molecule has 2 rings (SSSR count). The summed E-state index contributed by atoms with van der Waals surface area (Å²) in [5.41, 5.74) is 2.62. The number of methoxy groups -OCH3 is 1. The van der Waals surface area contributed by atoms with Crippen molar-refractivity contribution in [1.29, 1.82) is 0 Å². The number of carbonyl (C=O) groups excluding carboxylic acids is 1. The van der Waals surface area contributed by atoms with Crippen molar-refractivity contribution in [2.45, 2.75) is 45.4 Å². The second kappa shape index (κ2) is 9.85. The molecule has 0 aliphatic heterocycles. The highest BCUT2D eigenvalue weighted by molar-refractivity contribution is 5.65. The van der Waals surface area contributed by atoms with Crippen molar-refractivity contribution < 1.29 is 19.0 Å². The Balaban J connectivity index is 2.12. The normalized spacial score (nSPS) is 12.9. The van der Waals surface area contributed by atoms with Gasteiger partial charge in [0.25, 0.3) is 0 Å². The van der Waals surface area contributed by atoms with Gasteiger partial charge in [0.15, 0.2) is 0 Å². The molecule has 0 aromatic heterocycles. The first-order valence-corrected chi connectivity index (χ1v) is 9.09. The highest BCUT2D eigenvalue weighted by Crippen LogP contribution is 2.38. The second-order valence-electron chi connectivity index (χ2n) is 6.27. The van der Waals surface area contributed by atoms with Crippen LogP contribution in [-0.4, -0.2) is 19.9 Å². The van der Waals surface area contributed by atoms with E-state index in [1.165, 1.54) is 18.1 Å². The van der Waals surface area contributed by atoms with Gasteiger partial charge in [-0.3, -0.25) is 4.79 Å². The highest BCUT2D eigenvalue weighted by Gasteiger charge is 2.22. The van der Waals surface area contributed by atoms with E-state index in [0.29, 0.717) is 17.6 Å². The fourth-order valence-electron chi connectivity index (χ4n) is 3.35. The Kier molecular flexibility index (Phi) is 7.52. The maximum atomic E-state index is 10.8. The first-order valence-electron chi connectivity index (χ1n) is 9.09. The van der Waals surface area contributed by atoms with Crippen LogP contribution in [0.3, 0.4) is 0 Å². The molecule has 0 spiro atoms. The van der Waals surface area contributed by atoms with Gasteiger partial charge in [-0.25, -0.2) is 0 Å². The van der Waals surface area contributed by atoms with E-state index in [1.807, 2.05) is 24.3 Å². The predicted octanol–water partition coefficient (Wildman–Crippen LogP) is 5.28. The Morgan fingerprint density at radius 2 is 1.31 bits per heavy atom. The summed E-state index contributed by atoms with van der Waals surface area (Å²) in [5, 5.41) is 0. The van der Waals surface area contributed by atoms with Gasteiger partial charge in [-0.2, -0.15) is 0 Å². The van der Waals surface area contributed by atoms with Gasteiger partial charge in [0.1, 0.15) is 11.5 Å². The van der Waals surface area contributed by atoms with E-state index >= 15 is 0 Å². The molecule has 2 aromatic carbocycles. The van der Waals surface area contributed by atoms with Gasteiger partial charge in [-0.05, 0) is 60.1 Å². The quantitative estimate of drug-likeness (QED) is 0.453. The van der Waals surface area contributed by atoms with E-state index in [-0.39, 0.29) is 12.8 Å². The molecule has 0 saturated carbocycles. The monoisotopic (exact) mass is 356 g/mol. The third-order valence-corrected chi connectivity index (χ3v) is 4.71. The lowest BCUT2D eigenvalue weighted by Gasteiger charge is -2.26. The second-order valence-corrected chi connectivity index (χ2v) is 6.27. The summed E-state index contributed by atoms with van der Waals surface area (Å²) in [6.45, 7) is 5.76. The van der Waals surface area contributed by atoms with Gasteiger partial charge in [0, 0.05) is 6.92 Å². The predicted molar refractivity (Wildman–Crippen MR) is 103 cm³/mol. The Morgan fingerprint density at radius 3 is 1.69 bits per heavy atom. The van der Waals surface area contributed by atoms with Crippen molar-refractivity contribution in [3.05, 3.63) is 59.7 Å². The zero-order valence-corrected chi connectivity index (χ0v) is 16.0. The van der Waals surface area contributed by atoms with E-state index in [0.717, 1.165) is 18.6 Å². The maximum absolute atomic E-state index is 10.8. The topological polar surface area (TPSA) is 44.8 Å². The highest BCUT2D eigenvalue weighted by atomic mass is 16.7. The van der Waals surface area contributed by atoms with Crippen LogP contribution in [0.2, 0.25) is 0 Å². The van der Waals surface area contributed by atoms with E-state index < -0.39 is 0 Å².